The van der Waals surface area contributed by atoms with Crippen molar-refractivity contribution in [1.82, 2.24) is 4.90 Å². The molecule has 0 fully saturated rings. The summed E-state index contributed by atoms with van der Waals surface area (Å²) in [5, 5.41) is 0. The van der Waals surface area contributed by atoms with E-state index in [1.165, 1.54) is 0 Å². The van der Waals surface area contributed by atoms with Crippen LogP contribution in [0.1, 0.15) is 18.9 Å². The molecule has 21 heavy (non-hydrogen) atoms. The number of nitrogens with zero attached hydrogens (tertiary/aromatic N) is 1. The minimum atomic E-state index is 0.111. The number of hydrogen-bond donors (Lipinski definition) is 0. The molecule has 0 aliphatic carbocycles. The van der Waals surface area contributed by atoms with E-state index in [2.05, 4.69) is 6.92 Å². The van der Waals surface area contributed by atoms with Crippen LogP contribution in [0.2, 0.25) is 0 Å². The number of benzene rings is 1. The molecule has 0 bridgehead atoms. The lowest BCUT2D eigenvalue weighted by Crippen LogP contribution is -2.38. The molecular weight excluding hydrogens is 266 g/mol. The molecular formula is C17H23NO3. The van der Waals surface area contributed by atoms with Crippen LogP contribution in [-0.2, 0) is 11.2 Å². The van der Waals surface area contributed by atoms with Gasteiger partial charge in [-0.05, 0) is 42.5 Å². The van der Waals surface area contributed by atoms with E-state index in [9.17, 15) is 4.79 Å². The van der Waals surface area contributed by atoms with Gasteiger partial charge in [-0.25, -0.2) is 0 Å². The van der Waals surface area contributed by atoms with Crippen molar-refractivity contribution in [2.24, 2.45) is 5.92 Å². The van der Waals surface area contributed by atoms with Crippen molar-refractivity contribution in [3.05, 3.63) is 35.9 Å². The van der Waals surface area contributed by atoms with Gasteiger partial charge in [-0.2, -0.15) is 0 Å². The maximum absolute atomic E-state index is 11.9. The van der Waals surface area contributed by atoms with E-state index in [-0.39, 0.29) is 5.91 Å². The van der Waals surface area contributed by atoms with Crippen LogP contribution in [0, 0.1) is 5.92 Å². The average molecular weight is 289 g/mol. The highest BCUT2D eigenvalue weighted by Gasteiger charge is 2.19. The van der Waals surface area contributed by atoms with Crippen LogP contribution in [0.15, 0.2) is 30.4 Å². The number of ether oxygens (including phenoxy) is 2. The van der Waals surface area contributed by atoms with E-state index in [0.29, 0.717) is 5.92 Å². The zero-order valence-electron chi connectivity index (χ0n) is 13.0. The summed E-state index contributed by atoms with van der Waals surface area (Å²) in [6, 6.07) is 5.89. The van der Waals surface area contributed by atoms with Gasteiger partial charge in [0.05, 0.1) is 14.2 Å². The molecule has 0 radical (unpaired) electrons. The second kappa shape index (κ2) is 7.16. The molecule has 1 unspecified atom stereocenters. The van der Waals surface area contributed by atoms with Gasteiger partial charge in [0.2, 0.25) is 5.91 Å². The number of methoxy groups -OCH3 is 2. The largest absolute Gasteiger partial charge is 0.493 e. The van der Waals surface area contributed by atoms with Gasteiger partial charge in [0, 0.05) is 13.1 Å². The van der Waals surface area contributed by atoms with Gasteiger partial charge in [-0.3, -0.25) is 4.79 Å². The van der Waals surface area contributed by atoms with Crippen LogP contribution in [0.5, 0.6) is 11.5 Å². The number of carbonyl (C=O) groups is 1. The smallest absolute Gasteiger partial charge is 0.246 e. The van der Waals surface area contributed by atoms with E-state index in [4.69, 9.17) is 9.47 Å². The summed E-state index contributed by atoms with van der Waals surface area (Å²) in [6.07, 6.45) is 5.61. The molecule has 0 spiro atoms. The highest BCUT2D eigenvalue weighted by atomic mass is 16.5. The first-order valence-corrected chi connectivity index (χ1v) is 7.36. The minimum Gasteiger partial charge on any atom is -0.493 e. The first kappa shape index (κ1) is 15.4. The standard InChI is InChI=1S/C17H23NO3/c1-4-13-6-8-17(19)18(12-13)10-9-14-5-7-15(20-2)16(11-14)21-3/h5-8,11,13H,4,9-10,12H2,1-3H3. The highest BCUT2D eigenvalue weighted by Crippen LogP contribution is 2.27. The van der Waals surface area contributed by atoms with Crippen molar-refractivity contribution in [3.63, 3.8) is 0 Å². The second-order valence-corrected chi connectivity index (χ2v) is 5.25. The summed E-state index contributed by atoms with van der Waals surface area (Å²) in [6.45, 7) is 3.70. The predicted molar refractivity (Wildman–Crippen MR) is 82.8 cm³/mol. The summed E-state index contributed by atoms with van der Waals surface area (Å²) >= 11 is 0. The molecule has 1 amide bonds. The Morgan fingerprint density at radius 3 is 2.67 bits per heavy atom. The van der Waals surface area contributed by atoms with Crippen molar-refractivity contribution in [1.29, 1.82) is 0 Å². The third kappa shape index (κ3) is 3.78. The van der Waals surface area contributed by atoms with Crippen LogP contribution in [0.25, 0.3) is 0 Å². The average Bonchev–Trinajstić information content (AvgIpc) is 2.53. The molecule has 2 rings (SSSR count). The topological polar surface area (TPSA) is 38.8 Å². The zero-order chi connectivity index (χ0) is 15.2. The van der Waals surface area contributed by atoms with Crippen molar-refractivity contribution in [2.45, 2.75) is 19.8 Å². The van der Waals surface area contributed by atoms with E-state index in [0.717, 1.165) is 43.0 Å². The van der Waals surface area contributed by atoms with Crippen molar-refractivity contribution >= 4 is 5.91 Å². The van der Waals surface area contributed by atoms with E-state index in [1.54, 1.807) is 20.3 Å². The molecule has 1 aromatic carbocycles. The van der Waals surface area contributed by atoms with Gasteiger partial charge in [-0.1, -0.05) is 19.1 Å². The highest BCUT2D eigenvalue weighted by molar-refractivity contribution is 5.88. The normalized spacial score (nSPS) is 18.0. The lowest BCUT2D eigenvalue weighted by atomic mass is 10.0. The molecule has 0 saturated carbocycles. The lowest BCUT2D eigenvalue weighted by molar-refractivity contribution is -0.127. The molecule has 4 nitrogen and oxygen atoms in total. The van der Waals surface area contributed by atoms with E-state index >= 15 is 0 Å². The predicted octanol–water partition coefficient (Wildman–Crippen LogP) is 2.67. The Balaban J connectivity index is 1.99. The van der Waals surface area contributed by atoms with Gasteiger partial charge in [0.25, 0.3) is 0 Å². The van der Waals surface area contributed by atoms with Crippen LogP contribution in [-0.4, -0.2) is 38.1 Å². The Hall–Kier alpha value is -1.97. The van der Waals surface area contributed by atoms with Crippen LogP contribution in [0.3, 0.4) is 0 Å². The van der Waals surface area contributed by atoms with Crippen molar-refractivity contribution in [3.8, 4) is 11.5 Å². The lowest BCUT2D eigenvalue weighted by Gasteiger charge is -2.28. The van der Waals surface area contributed by atoms with Crippen LogP contribution < -0.4 is 9.47 Å². The maximum Gasteiger partial charge on any atom is 0.246 e. The fourth-order valence-electron chi connectivity index (χ4n) is 2.52. The molecule has 1 aliphatic heterocycles. The molecule has 1 atom stereocenters. The molecule has 114 valence electrons. The number of rotatable bonds is 6. The number of carbonyl (C=O) groups excluding carboxylic acids is 1. The maximum atomic E-state index is 11.9. The first-order chi connectivity index (χ1) is 10.2. The fraction of sp³-hybridized carbons (Fsp3) is 0.471. The number of amides is 1. The van der Waals surface area contributed by atoms with E-state index in [1.807, 2.05) is 29.2 Å². The molecule has 0 saturated heterocycles. The Bertz CT molecular complexity index is 525. The summed E-state index contributed by atoms with van der Waals surface area (Å²) < 4.78 is 10.5. The van der Waals surface area contributed by atoms with Crippen LogP contribution >= 0.6 is 0 Å². The summed E-state index contributed by atoms with van der Waals surface area (Å²) in [4.78, 5) is 13.8. The van der Waals surface area contributed by atoms with Crippen molar-refractivity contribution in [2.75, 3.05) is 27.3 Å². The third-order valence-corrected chi connectivity index (χ3v) is 3.92. The van der Waals surface area contributed by atoms with Gasteiger partial charge in [-0.15, -0.1) is 0 Å². The van der Waals surface area contributed by atoms with E-state index < -0.39 is 0 Å². The molecule has 0 aromatic heterocycles. The van der Waals surface area contributed by atoms with Gasteiger partial charge < -0.3 is 14.4 Å². The first-order valence-electron chi connectivity index (χ1n) is 7.36. The zero-order valence-corrected chi connectivity index (χ0v) is 13.0. The van der Waals surface area contributed by atoms with Gasteiger partial charge >= 0.3 is 0 Å². The fourth-order valence-corrected chi connectivity index (χ4v) is 2.52. The Morgan fingerprint density at radius 2 is 2.00 bits per heavy atom. The molecule has 0 N–H and O–H groups in total. The molecule has 4 heteroatoms. The molecule has 1 heterocycles. The third-order valence-electron chi connectivity index (χ3n) is 3.92. The Labute approximate surface area is 126 Å². The molecule has 1 aromatic rings. The summed E-state index contributed by atoms with van der Waals surface area (Å²) in [5.74, 6) is 2.05. The van der Waals surface area contributed by atoms with Gasteiger partial charge in [0.15, 0.2) is 11.5 Å². The minimum absolute atomic E-state index is 0.111. The van der Waals surface area contributed by atoms with Gasteiger partial charge in [0.1, 0.15) is 0 Å². The van der Waals surface area contributed by atoms with Crippen molar-refractivity contribution < 1.29 is 14.3 Å². The number of hydrogen-bond acceptors (Lipinski definition) is 3. The molecule has 1 aliphatic rings. The second-order valence-electron chi connectivity index (χ2n) is 5.25. The summed E-state index contributed by atoms with van der Waals surface area (Å²) in [5.41, 5.74) is 1.14. The SMILES string of the molecule is CCC1C=CC(=O)N(CCc2ccc(OC)c(OC)c2)C1. The summed E-state index contributed by atoms with van der Waals surface area (Å²) in [7, 11) is 3.26. The quantitative estimate of drug-likeness (QED) is 0.808. The van der Waals surface area contributed by atoms with Crippen LogP contribution in [0.4, 0.5) is 0 Å². The Morgan fingerprint density at radius 1 is 1.24 bits per heavy atom. The Kier molecular flexibility index (Phi) is 5.26. The monoisotopic (exact) mass is 289 g/mol.